The standard InChI is InChI=1S/C26H44O10/c1-12-5-7-14(9-16-13(2)6-8-15(12)16)26(3,4)36-25-23(32)21(30)20(29)18(35-25)11-34-24-22(31)19(28)17(27)10-33-24/h12-14,17-25,27-32H,5-11H2,1-4H3/t12?,13?,14?,17-,18-,19+,20-,21+,22-,23-,24+,25+/m1/s1. The first kappa shape index (κ1) is 28.4. The highest BCUT2D eigenvalue weighted by atomic mass is 16.7. The third kappa shape index (κ3) is 5.68. The molecule has 0 radical (unpaired) electrons. The highest BCUT2D eigenvalue weighted by molar-refractivity contribution is 5.26. The Hall–Kier alpha value is -0.660. The molecule has 2 fully saturated rings. The van der Waals surface area contributed by atoms with Gasteiger partial charge in [0.05, 0.1) is 18.8 Å². The second-order valence-electron chi connectivity index (χ2n) is 11.7. The van der Waals surface area contributed by atoms with Crippen molar-refractivity contribution in [2.24, 2.45) is 17.8 Å². The molecule has 0 bridgehead atoms. The summed E-state index contributed by atoms with van der Waals surface area (Å²) in [5, 5.41) is 61.2. The molecule has 10 heteroatoms. The van der Waals surface area contributed by atoms with Crippen molar-refractivity contribution < 1.29 is 49.6 Å². The lowest BCUT2D eigenvalue weighted by atomic mass is 9.81. The van der Waals surface area contributed by atoms with E-state index in [2.05, 4.69) is 13.8 Å². The summed E-state index contributed by atoms with van der Waals surface area (Å²) in [6.45, 7) is 8.01. The van der Waals surface area contributed by atoms with Crippen molar-refractivity contribution in [2.75, 3.05) is 13.2 Å². The number of aliphatic hydroxyl groups is 6. The van der Waals surface area contributed by atoms with Gasteiger partial charge in [0, 0.05) is 0 Å². The average molecular weight is 517 g/mol. The van der Waals surface area contributed by atoms with Crippen LogP contribution in [0.25, 0.3) is 0 Å². The fourth-order valence-electron chi connectivity index (χ4n) is 6.17. The van der Waals surface area contributed by atoms with Crippen molar-refractivity contribution >= 4 is 0 Å². The molecule has 208 valence electrons. The van der Waals surface area contributed by atoms with Crippen LogP contribution in [-0.4, -0.2) is 105 Å². The molecule has 2 aliphatic heterocycles. The normalized spacial score (nSPS) is 46.5. The predicted molar refractivity (Wildman–Crippen MR) is 127 cm³/mol. The zero-order valence-electron chi connectivity index (χ0n) is 21.7. The number of allylic oxidation sites excluding steroid dienone is 2. The second kappa shape index (κ2) is 11.2. The van der Waals surface area contributed by atoms with Crippen LogP contribution in [-0.2, 0) is 18.9 Å². The van der Waals surface area contributed by atoms with E-state index in [1.54, 1.807) is 5.57 Å². The Labute approximate surface area is 212 Å². The van der Waals surface area contributed by atoms with Crippen molar-refractivity contribution in [1.82, 2.24) is 0 Å². The fraction of sp³-hybridized carbons (Fsp3) is 0.923. The van der Waals surface area contributed by atoms with Gasteiger partial charge in [0.25, 0.3) is 0 Å². The molecule has 2 heterocycles. The van der Waals surface area contributed by atoms with Crippen LogP contribution in [0.1, 0.15) is 59.8 Å². The molecule has 0 spiro atoms. The number of aliphatic hydroxyl groups excluding tert-OH is 6. The lowest BCUT2D eigenvalue weighted by Crippen LogP contribution is -2.61. The zero-order valence-corrected chi connectivity index (χ0v) is 21.7. The molecule has 12 atom stereocenters. The van der Waals surface area contributed by atoms with E-state index >= 15 is 0 Å². The topological polar surface area (TPSA) is 158 Å². The monoisotopic (exact) mass is 516 g/mol. The van der Waals surface area contributed by atoms with Gasteiger partial charge >= 0.3 is 0 Å². The third-order valence-corrected chi connectivity index (χ3v) is 8.81. The number of ether oxygens (including phenoxy) is 4. The minimum atomic E-state index is -1.53. The molecule has 0 aromatic carbocycles. The fourth-order valence-corrected chi connectivity index (χ4v) is 6.17. The summed E-state index contributed by atoms with van der Waals surface area (Å²) in [5.41, 5.74) is 2.45. The van der Waals surface area contributed by atoms with Crippen LogP contribution in [0.2, 0.25) is 0 Å². The van der Waals surface area contributed by atoms with Gasteiger partial charge in [0.1, 0.15) is 42.7 Å². The van der Waals surface area contributed by atoms with Crippen LogP contribution in [0.5, 0.6) is 0 Å². The molecule has 10 nitrogen and oxygen atoms in total. The zero-order chi connectivity index (χ0) is 26.4. The Morgan fingerprint density at radius 1 is 0.806 bits per heavy atom. The predicted octanol–water partition coefficient (Wildman–Crippen LogP) is 0.208. The summed E-state index contributed by atoms with van der Waals surface area (Å²) in [4.78, 5) is 0. The van der Waals surface area contributed by atoms with E-state index in [4.69, 9.17) is 18.9 Å². The van der Waals surface area contributed by atoms with Crippen molar-refractivity contribution in [1.29, 1.82) is 0 Å². The molecule has 3 unspecified atom stereocenters. The SMILES string of the molecule is CC1CCC(C(C)(C)O[C@@H]2O[C@H](CO[C@@H]3OC[C@@H](O)[C@H](O)[C@H]3O)[C@@H](O)[C@H](O)[C@H]2O)CC2=C1CCC2C. The molecule has 2 aliphatic carbocycles. The summed E-state index contributed by atoms with van der Waals surface area (Å²) in [5.74, 6) is 1.31. The van der Waals surface area contributed by atoms with E-state index in [1.807, 2.05) is 13.8 Å². The Kier molecular flexibility index (Phi) is 8.83. The molecule has 0 amide bonds. The Morgan fingerprint density at radius 3 is 2.19 bits per heavy atom. The van der Waals surface area contributed by atoms with Crippen LogP contribution in [0.4, 0.5) is 0 Å². The molecule has 6 N–H and O–H groups in total. The minimum Gasteiger partial charge on any atom is -0.388 e. The first-order chi connectivity index (χ1) is 16.9. The van der Waals surface area contributed by atoms with Crippen LogP contribution >= 0.6 is 0 Å². The highest BCUT2D eigenvalue weighted by Gasteiger charge is 2.48. The molecule has 0 aromatic heterocycles. The van der Waals surface area contributed by atoms with Crippen LogP contribution in [0, 0.1) is 17.8 Å². The van der Waals surface area contributed by atoms with E-state index in [-0.39, 0.29) is 19.1 Å². The number of hydrogen-bond donors (Lipinski definition) is 6. The second-order valence-corrected chi connectivity index (χ2v) is 11.7. The molecule has 0 aromatic rings. The largest absolute Gasteiger partial charge is 0.388 e. The molecule has 0 saturated carbocycles. The van der Waals surface area contributed by atoms with E-state index in [1.165, 1.54) is 12.0 Å². The van der Waals surface area contributed by atoms with Gasteiger partial charge in [-0.2, -0.15) is 0 Å². The van der Waals surface area contributed by atoms with E-state index in [9.17, 15) is 30.6 Å². The average Bonchev–Trinajstić information content (AvgIpc) is 3.10. The Morgan fingerprint density at radius 2 is 1.47 bits per heavy atom. The molecular weight excluding hydrogens is 472 g/mol. The van der Waals surface area contributed by atoms with Gasteiger partial charge in [-0.05, 0) is 63.7 Å². The van der Waals surface area contributed by atoms with Crippen molar-refractivity contribution in [3.63, 3.8) is 0 Å². The lowest BCUT2D eigenvalue weighted by Gasteiger charge is -2.45. The molecule has 2 saturated heterocycles. The van der Waals surface area contributed by atoms with Crippen LogP contribution in [0.3, 0.4) is 0 Å². The summed E-state index contributed by atoms with van der Waals surface area (Å²) < 4.78 is 22.9. The minimum absolute atomic E-state index is 0.196. The molecule has 4 rings (SSSR count). The van der Waals surface area contributed by atoms with E-state index < -0.39 is 60.9 Å². The Balaban J connectivity index is 1.41. The first-order valence-electron chi connectivity index (χ1n) is 13.3. The van der Waals surface area contributed by atoms with Gasteiger partial charge in [-0.1, -0.05) is 25.0 Å². The number of hydrogen-bond acceptors (Lipinski definition) is 10. The first-order valence-corrected chi connectivity index (χ1v) is 13.3. The summed E-state index contributed by atoms with van der Waals surface area (Å²) in [6, 6.07) is 0. The molecular formula is C26H44O10. The lowest BCUT2D eigenvalue weighted by molar-refractivity contribution is -0.340. The number of rotatable bonds is 6. The van der Waals surface area contributed by atoms with Crippen LogP contribution in [0.15, 0.2) is 11.1 Å². The van der Waals surface area contributed by atoms with Crippen molar-refractivity contribution in [3.05, 3.63) is 11.1 Å². The van der Waals surface area contributed by atoms with Gasteiger partial charge < -0.3 is 49.6 Å². The molecule has 36 heavy (non-hydrogen) atoms. The summed E-state index contributed by atoms with van der Waals surface area (Å²) >= 11 is 0. The summed E-state index contributed by atoms with van der Waals surface area (Å²) in [7, 11) is 0. The smallest absolute Gasteiger partial charge is 0.187 e. The maximum atomic E-state index is 10.7. The summed E-state index contributed by atoms with van der Waals surface area (Å²) in [6.07, 6.45) is -6.84. The van der Waals surface area contributed by atoms with Crippen molar-refractivity contribution in [3.8, 4) is 0 Å². The van der Waals surface area contributed by atoms with E-state index in [0.717, 1.165) is 25.7 Å². The molecule has 4 aliphatic rings. The van der Waals surface area contributed by atoms with E-state index in [0.29, 0.717) is 11.8 Å². The van der Waals surface area contributed by atoms with Gasteiger partial charge in [0.2, 0.25) is 0 Å². The van der Waals surface area contributed by atoms with Gasteiger partial charge in [-0.3, -0.25) is 0 Å². The third-order valence-electron chi connectivity index (χ3n) is 8.81. The Bertz CT molecular complexity index is 787. The van der Waals surface area contributed by atoms with Gasteiger partial charge in [-0.25, -0.2) is 0 Å². The maximum Gasteiger partial charge on any atom is 0.187 e. The highest BCUT2D eigenvalue weighted by Crippen LogP contribution is 2.47. The van der Waals surface area contributed by atoms with Crippen molar-refractivity contribution in [2.45, 2.75) is 121 Å². The van der Waals surface area contributed by atoms with Gasteiger partial charge in [0.15, 0.2) is 12.6 Å². The maximum absolute atomic E-state index is 10.7. The van der Waals surface area contributed by atoms with Crippen LogP contribution < -0.4 is 0 Å². The van der Waals surface area contributed by atoms with Gasteiger partial charge in [-0.15, -0.1) is 0 Å². The quantitative estimate of drug-likeness (QED) is 0.270.